The van der Waals surface area contributed by atoms with Gasteiger partial charge in [-0.05, 0) is 17.7 Å². The topological polar surface area (TPSA) is 46.5 Å². The molecule has 0 amide bonds. The van der Waals surface area contributed by atoms with E-state index in [1.165, 1.54) is 6.07 Å². The number of carboxylic acid groups (broad SMARTS) is 1. The molecule has 0 saturated carbocycles. The van der Waals surface area contributed by atoms with Crippen LogP contribution in [0.5, 0.6) is 5.75 Å². The lowest BCUT2D eigenvalue weighted by Gasteiger charge is -2.09. The highest BCUT2D eigenvalue weighted by Gasteiger charge is 2.12. The first-order valence-electron chi connectivity index (χ1n) is 5.37. The summed E-state index contributed by atoms with van der Waals surface area (Å²) in [5, 5.41) is 9.06. The molecule has 3 nitrogen and oxygen atoms in total. The second-order valence-corrected chi connectivity index (χ2v) is 4.08. The zero-order chi connectivity index (χ0) is 13.0. The molecule has 0 heterocycles. The monoisotopic (exact) mass is 262 g/mol. The van der Waals surface area contributed by atoms with Crippen LogP contribution in [0, 0.1) is 0 Å². The summed E-state index contributed by atoms with van der Waals surface area (Å²) in [5.41, 5.74) is 1.04. The third-order valence-electron chi connectivity index (χ3n) is 2.43. The van der Waals surface area contributed by atoms with Crippen molar-refractivity contribution in [3.8, 4) is 5.75 Å². The van der Waals surface area contributed by atoms with Gasteiger partial charge < -0.3 is 9.84 Å². The first kappa shape index (κ1) is 12.5. The minimum Gasteiger partial charge on any atom is -0.487 e. The third-order valence-corrected chi connectivity index (χ3v) is 2.82. The normalized spacial score (nSPS) is 10.1. The average Bonchev–Trinajstić information content (AvgIpc) is 2.38. The number of ether oxygens (including phenoxy) is 1. The summed E-state index contributed by atoms with van der Waals surface area (Å²) in [5.74, 6) is -0.689. The molecule has 4 heteroatoms. The molecule has 0 radical (unpaired) electrons. The Morgan fingerprint density at radius 2 is 1.83 bits per heavy atom. The lowest BCUT2D eigenvalue weighted by molar-refractivity contribution is 0.0696. The number of hydrogen-bond donors (Lipinski definition) is 1. The van der Waals surface area contributed by atoms with Gasteiger partial charge in [-0.2, -0.15) is 0 Å². The standard InChI is InChI=1S/C14H11ClO3/c15-13-11(14(16)17)7-4-8-12(13)18-9-10-5-2-1-3-6-10/h1-8H,9H2,(H,16,17). The number of aromatic carboxylic acids is 1. The fourth-order valence-electron chi connectivity index (χ4n) is 1.52. The van der Waals surface area contributed by atoms with E-state index in [0.29, 0.717) is 12.4 Å². The lowest BCUT2D eigenvalue weighted by atomic mass is 10.2. The SMILES string of the molecule is O=C(O)c1cccc(OCc2ccccc2)c1Cl. The molecule has 0 aliphatic carbocycles. The van der Waals surface area contributed by atoms with Gasteiger partial charge in [-0.1, -0.05) is 48.0 Å². The highest BCUT2D eigenvalue weighted by atomic mass is 35.5. The van der Waals surface area contributed by atoms with Crippen LogP contribution in [0.15, 0.2) is 48.5 Å². The summed E-state index contributed by atoms with van der Waals surface area (Å²) in [6.45, 7) is 0.351. The van der Waals surface area contributed by atoms with Crippen LogP contribution in [0.1, 0.15) is 15.9 Å². The molecule has 0 bridgehead atoms. The summed E-state index contributed by atoms with van der Waals surface area (Å²) >= 11 is 5.96. The lowest BCUT2D eigenvalue weighted by Crippen LogP contribution is -2.01. The number of rotatable bonds is 4. The van der Waals surface area contributed by atoms with Crippen molar-refractivity contribution in [2.24, 2.45) is 0 Å². The van der Waals surface area contributed by atoms with E-state index in [1.54, 1.807) is 12.1 Å². The van der Waals surface area contributed by atoms with E-state index in [4.69, 9.17) is 21.4 Å². The van der Waals surface area contributed by atoms with E-state index in [-0.39, 0.29) is 10.6 Å². The minimum absolute atomic E-state index is 0.0437. The summed E-state index contributed by atoms with van der Waals surface area (Å²) in [6, 6.07) is 14.3. The van der Waals surface area contributed by atoms with Crippen LogP contribution in [0.4, 0.5) is 0 Å². The average molecular weight is 263 g/mol. The van der Waals surface area contributed by atoms with E-state index in [9.17, 15) is 4.79 Å². The van der Waals surface area contributed by atoms with Gasteiger partial charge in [0.05, 0.1) is 10.6 Å². The van der Waals surface area contributed by atoms with Crippen LogP contribution in [0.25, 0.3) is 0 Å². The van der Waals surface area contributed by atoms with E-state index in [2.05, 4.69) is 0 Å². The first-order valence-corrected chi connectivity index (χ1v) is 5.75. The van der Waals surface area contributed by atoms with Crippen LogP contribution in [0.2, 0.25) is 5.02 Å². The van der Waals surface area contributed by atoms with Gasteiger partial charge in [0.25, 0.3) is 0 Å². The van der Waals surface area contributed by atoms with Crippen molar-refractivity contribution in [2.75, 3.05) is 0 Å². The van der Waals surface area contributed by atoms with Gasteiger partial charge in [0.15, 0.2) is 0 Å². The molecule has 0 spiro atoms. The Hall–Kier alpha value is -2.00. The number of halogens is 1. The van der Waals surface area contributed by atoms with Gasteiger partial charge in [0.2, 0.25) is 0 Å². The summed E-state index contributed by atoms with van der Waals surface area (Å²) in [6.07, 6.45) is 0. The van der Waals surface area contributed by atoms with Crippen molar-refractivity contribution in [3.05, 3.63) is 64.7 Å². The Morgan fingerprint density at radius 3 is 2.50 bits per heavy atom. The Balaban J connectivity index is 2.15. The van der Waals surface area contributed by atoms with E-state index < -0.39 is 5.97 Å². The predicted molar refractivity (Wildman–Crippen MR) is 69.2 cm³/mol. The number of benzene rings is 2. The molecule has 0 aliphatic rings. The molecule has 2 rings (SSSR count). The van der Waals surface area contributed by atoms with Crippen LogP contribution in [0.3, 0.4) is 0 Å². The van der Waals surface area contributed by atoms with Gasteiger partial charge in [-0.25, -0.2) is 4.79 Å². The van der Waals surface area contributed by atoms with Crippen molar-refractivity contribution in [1.29, 1.82) is 0 Å². The van der Waals surface area contributed by atoms with Gasteiger partial charge in [0.1, 0.15) is 12.4 Å². The quantitative estimate of drug-likeness (QED) is 0.915. The molecule has 0 atom stereocenters. The van der Waals surface area contributed by atoms with Crippen LogP contribution in [-0.4, -0.2) is 11.1 Å². The second-order valence-electron chi connectivity index (χ2n) is 3.70. The van der Waals surface area contributed by atoms with Gasteiger partial charge >= 0.3 is 5.97 Å². The maximum Gasteiger partial charge on any atom is 0.337 e. The van der Waals surface area contributed by atoms with Crippen molar-refractivity contribution < 1.29 is 14.6 Å². The highest BCUT2D eigenvalue weighted by molar-refractivity contribution is 6.34. The molecule has 0 unspecified atom stereocenters. The Bertz CT molecular complexity index is 552. The smallest absolute Gasteiger partial charge is 0.337 e. The fourth-order valence-corrected chi connectivity index (χ4v) is 1.78. The fraction of sp³-hybridized carbons (Fsp3) is 0.0714. The molecule has 92 valence electrons. The van der Waals surface area contributed by atoms with E-state index >= 15 is 0 Å². The summed E-state index contributed by atoms with van der Waals surface area (Å²) in [7, 11) is 0. The van der Waals surface area contributed by atoms with Crippen molar-refractivity contribution >= 4 is 17.6 Å². The largest absolute Gasteiger partial charge is 0.487 e. The number of carbonyl (C=O) groups is 1. The molecule has 18 heavy (non-hydrogen) atoms. The van der Waals surface area contributed by atoms with Crippen LogP contribution < -0.4 is 4.74 Å². The number of hydrogen-bond acceptors (Lipinski definition) is 2. The van der Waals surface area contributed by atoms with Crippen LogP contribution in [-0.2, 0) is 6.61 Å². The second kappa shape index (κ2) is 5.56. The van der Waals surface area contributed by atoms with Crippen molar-refractivity contribution in [1.82, 2.24) is 0 Å². The van der Waals surface area contributed by atoms with Gasteiger partial charge in [-0.15, -0.1) is 0 Å². The van der Waals surface area contributed by atoms with Gasteiger partial charge in [-0.3, -0.25) is 0 Å². The zero-order valence-corrected chi connectivity index (χ0v) is 10.2. The molecule has 2 aromatic rings. The third kappa shape index (κ3) is 2.81. The van der Waals surface area contributed by atoms with Crippen molar-refractivity contribution in [3.63, 3.8) is 0 Å². The Kier molecular flexibility index (Phi) is 3.85. The van der Waals surface area contributed by atoms with Crippen molar-refractivity contribution in [2.45, 2.75) is 6.61 Å². The predicted octanol–water partition coefficient (Wildman–Crippen LogP) is 3.62. The zero-order valence-electron chi connectivity index (χ0n) is 9.47. The molecule has 1 N–H and O–H groups in total. The minimum atomic E-state index is -1.06. The first-order chi connectivity index (χ1) is 8.68. The van der Waals surface area contributed by atoms with E-state index in [1.807, 2.05) is 30.3 Å². The summed E-state index contributed by atoms with van der Waals surface area (Å²) < 4.78 is 5.52. The highest BCUT2D eigenvalue weighted by Crippen LogP contribution is 2.28. The summed E-state index contributed by atoms with van der Waals surface area (Å²) in [4.78, 5) is 10.9. The molecule has 0 aliphatic heterocycles. The van der Waals surface area contributed by atoms with E-state index in [0.717, 1.165) is 5.56 Å². The van der Waals surface area contributed by atoms with Crippen LogP contribution >= 0.6 is 11.6 Å². The maximum atomic E-state index is 10.9. The maximum absolute atomic E-state index is 10.9. The molecular formula is C14H11ClO3. The molecule has 0 fully saturated rings. The molecule has 0 saturated heterocycles. The Labute approximate surface area is 110 Å². The molecule has 2 aromatic carbocycles. The Morgan fingerprint density at radius 1 is 1.11 bits per heavy atom. The number of carboxylic acids is 1. The molecular weight excluding hydrogens is 252 g/mol. The molecule has 0 aromatic heterocycles. The van der Waals surface area contributed by atoms with Gasteiger partial charge in [0, 0.05) is 0 Å².